The molecule has 0 radical (unpaired) electrons. The van der Waals surface area contributed by atoms with Crippen molar-refractivity contribution in [3.63, 3.8) is 0 Å². The first-order chi connectivity index (χ1) is 8.29. The number of carbonyl (C=O) groups excluding carboxylic acids is 1. The summed E-state index contributed by atoms with van der Waals surface area (Å²) in [5.41, 5.74) is 5.89. The largest absolute Gasteiger partial charge is 0.356 e. The quantitative estimate of drug-likeness (QED) is 0.787. The molecule has 0 saturated carbocycles. The molecule has 1 heterocycles. The number of aromatic nitrogens is 3. The fourth-order valence-electron chi connectivity index (χ4n) is 1.39. The van der Waals surface area contributed by atoms with Gasteiger partial charge in [-0.25, -0.2) is 4.98 Å². The highest BCUT2D eigenvalue weighted by atomic mass is 16.1. The fourth-order valence-corrected chi connectivity index (χ4v) is 1.39. The monoisotopic (exact) mass is 253 g/mol. The lowest BCUT2D eigenvalue weighted by Gasteiger charge is -2.26. The lowest BCUT2D eigenvalue weighted by molar-refractivity contribution is -0.121. The Labute approximate surface area is 108 Å². The van der Waals surface area contributed by atoms with Crippen LogP contribution in [0.25, 0.3) is 0 Å². The summed E-state index contributed by atoms with van der Waals surface area (Å²) in [4.78, 5) is 15.7. The molecule has 1 aromatic heterocycles. The van der Waals surface area contributed by atoms with Gasteiger partial charge in [0.1, 0.15) is 6.33 Å². The molecule has 102 valence electrons. The standard InChI is InChI=1S/C12H23N5O/c1-12(2,3)9(13)7-11(18)14-6-5-10-15-8-17(4)16-10/h8-9H,5-7,13H2,1-4H3,(H,14,18). The van der Waals surface area contributed by atoms with Gasteiger partial charge < -0.3 is 11.1 Å². The average molecular weight is 253 g/mol. The Kier molecular flexibility index (Phi) is 4.84. The van der Waals surface area contributed by atoms with E-state index in [1.54, 1.807) is 11.0 Å². The van der Waals surface area contributed by atoms with Crippen LogP contribution in [0.5, 0.6) is 0 Å². The van der Waals surface area contributed by atoms with Crippen LogP contribution in [0.4, 0.5) is 0 Å². The van der Waals surface area contributed by atoms with E-state index in [4.69, 9.17) is 5.73 Å². The summed E-state index contributed by atoms with van der Waals surface area (Å²) in [6.07, 6.45) is 2.63. The highest BCUT2D eigenvalue weighted by Crippen LogP contribution is 2.19. The van der Waals surface area contributed by atoms with E-state index < -0.39 is 0 Å². The van der Waals surface area contributed by atoms with Crippen molar-refractivity contribution in [2.24, 2.45) is 18.2 Å². The molecule has 0 saturated heterocycles. The molecule has 1 atom stereocenters. The zero-order valence-corrected chi connectivity index (χ0v) is 11.6. The van der Waals surface area contributed by atoms with Crippen LogP contribution in [0.1, 0.15) is 33.0 Å². The topological polar surface area (TPSA) is 85.8 Å². The summed E-state index contributed by atoms with van der Waals surface area (Å²) >= 11 is 0. The van der Waals surface area contributed by atoms with E-state index in [-0.39, 0.29) is 17.4 Å². The minimum atomic E-state index is -0.134. The Hall–Kier alpha value is -1.43. The Morgan fingerprint density at radius 2 is 2.22 bits per heavy atom. The Balaban J connectivity index is 2.25. The predicted molar refractivity (Wildman–Crippen MR) is 69.8 cm³/mol. The summed E-state index contributed by atoms with van der Waals surface area (Å²) in [6, 6.07) is -0.134. The molecule has 0 aliphatic heterocycles. The third-order valence-electron chi connectivity index (χ3n) is 2.84. The van der Waals surface area contributed by atoms with E-state index in [2.05, 4.69) is 15.4 Å². The molecule has 6 heteroatoms. The molecule has 6 nitrogen and oxygen atoms in total. The van der Waals surface area contributed by atoms with Crippen LogP contribution in [0.2, 0.25) is 0 Å². The van der Waals surface area contributed by atoms with Gasteiger partial charge in [0.2, 0.25) is 5.91 Å². The SMILES string of the molecule is Cn1cnc(CCNC(=O)CC(N)C(C)(C)C)n1. The third-order valence-corrected chi connectivity index (χ3v) is 2.84. The van der Waals surface area contributed by atoms with Gasteiger partial charge in [0.25, 0.3) is 0 Å². The first-order valence-corrected chi connectivity index (χ1v) is 6.16. The van der Waals surface area contributed by atoms with Crippen molar-refractivity contribution >= 4 is 5.91 Å². The normalized spacial score (nSPS) is 13.4. The first-order valence-electron chi connectivity index (χ1n) is 6.16. The second-order valence-corrected chi connectivity index (χ2v) is 5.61. The van der Waals surface area contributed by atoms with Crippen molar-refractivity contribution in [2.75, 3.05) is 6.54 Å². The van der Waals surface area contributed by atoms with E-state index in [1.165, 1.54) is 0 Å². The summed E-state index contributed by atoms with van der Waals surface area (Å²) in [6.45, 7) is 6.63. The number of hydrogen-bond donors (Lipinski definition) is 2. The number of rotatable bonds is 5. The summed E-state index contributed by atoms with van der Waals surface area (Å²) in [5.74, 6) is 0.714. The van der Waals surface area contributed by atoms with E-state index in [9.17, 15) is 4.79 Å². The smallest absolute Gasteiger partial charge is 0.221 e. The number of aryl methyl sites for hydroxylation is 1. The Bertz CT molecular complexity index is 393. The minimum absolute atomic E-state index is 0.0200. The molecular formula is C12H23N5O. The highest BCUT2D eigenvalue weighted by molar-refractivity contribution is 5.76. The third kappa shape index (κ3) is 4.83. The fraction of sp³-hybridized carbons (Fsp3) is 0.750. The van der Waals surface area contributed by atoms with Gasteiger partial charge in [0, 0.05) is 32.5 Å². The van der Waals surface area contributed by atoms with E-state index in [1.807, 2.05) is 27.8 Å². The maximum absolute atomic E-state index is 11.7. The maximum atomic E-state index is 11.7. The van der Waals surface area contributed by atoms with Gasteiger partial charge in [-0.1, -0.05) is 20.8 Å². The van der Waals surface area contributed by atoms with E-state index in [0.29, 0.717) is 19.4 Å². The Morgan fingerprint density at radius 1 is 1.56 bits per heavy atom. The Morgan fingerprint density at radius 3 is 2.72 bits per heavy atom. The lowest BCUT2D eigenvalue weighted by atomic mass is 9.85. The van der Waals surface area contributed by atoms with Crippen LogP contribution in [0.3, 0.4) is 0 Å². The number of nitrogens with zero attached hydrogens (tertiary/aromatic N) is 3. The van der Waals surface area contributed by atoms with Gasteiger partial charge >= 0.3 is 0 Å². The molecular weight excluding hydrogens is 230 g/mol. The maximum Gasteiger partial charge on any atom is 0.221 e. The predicted octanol–water partition coefficient (Wildman–Crippen LogP) is 0.237. The van der Waals surface area contributed by atoms with Gasteiger partial charge in [-0.2, -0.15) is 5.10 Å². The van der Waals surface area contributed by atoms with Crippen LogP contribution >= 0.6 is 0 Å². The van der Waals surface area contributed by atoms with Gasteiger partial charge in [-0.15, -0.1) is 0 Å². The molecule has 0 fully saturated rings. The molecule has 0 aliphatic rings. The highest BCUT2D eigenvalue weighted by Gasteiger charge is 2.22. The van der Waals surface area contributed by atoms with E-state index in [0.717, 1.165) is 5.82 Å². The number of amides is 1. The molecule has 0 aliphatic carbocycles. The van der Waals surface area contributed by atoms with Crippen molar-refractivity contribution in [3.8, 4) is 0 Å². The average Bonchev–Trinajstić information content (AvgIpc) is 2.62. The summed E-state index contributed by atoms with van der Waals surface area (Å²) < 4.78 is 1.65. The first kappa shape index (κ1) is 14.6. The van der Waals surface area contributed by atoms with Crippen molar-refractivity contribution in [1.82, 2.24) is 20.1 Å². The van der Waals surface area contributed by atoms with Gasteiger partial charge in [0.05, 0.1) is 0 Å². The van der Waals surface area contributed by atoms with Gasteiger partial charge in [-0.3, -0.25) is 9.48 Å². The molecule has 18 heavy (non-hydrogen) atoms. The number of nitrogens with one attached hydrogen (secondary N) is 1. The molecule has 0 bridgehead atoms. The summed E-state index contributed by atoms with van der Waals surface area (Å²) in [7, 11) is 1.82. The lowest BCUT2D eigenvalue weighted by Crippen LogP contribution is -2.40. The second kappa shape index (κ2) is 5.95. The van der Waals surface area contributed by atoms with Crippen LogP contribution in [-0.2, 0) is 18.3 Å². The van der Waals surface area contributed by atoms with Crippen LogP contribution in [0.15, 0.2) is 6.33 Å². The molecule has 1 rings (SSSR count). The van der Waals surface area contributed by atoms with Crippen LogP contribution in [0, 0.1) is 5.41 Å². The van der Waals surface area contributed by atoms with Crippen LogP contribution in [-0.4, -0.2) is 33.3 Å². The summed E-state index contributed by atoms with van der Waals surface area (Å²) in [5, 5.41) is 6.97. The van der Waals surface area contributed by atoms with Crippen molar-refractivity contribution < 1.29 is 4.79 Å². The van der Waals surface area contributed by atoms with Crippen molar-refractivity contribution in [1.29, 1.82) is 0 Å². The van der Waals surface area contributed by atoms with Gasteiger partial charge in [0.15, 0.2) is 5.82 Å². The number of carbonyl (C=O) groups is 1. The molecule has 0 spiro atoms. The minimum Gasteiger partial charge on any atom is -0.356 e. The zero-order valence-electron chi connectivity index (χ0n) is 11.6. The van der Waals surface area contributed by atoms with Crippen molar-refractivity contribution in [2.45, 2.75) is 39.7 Å². The van der Waals surface area contributed by atoms with Crippen LogP contribution < -0.4 is 11.1 Å². The molecule has 1 unspecified atom stereocenters. The number of nitrogens with two attached hydrogens (primary N) is 1. The van der Waals surface area contributed by atoms with E-state index >= 15 is 0 Å². The molecule has 3 N–H and O–H groups in total. The van der Waals surface area contributed by atoms with Crippen molar-refractivity contribution in [3.05, 3.63) is 12.2 Å². The molecule has 1 aromatic rings. The molecule has 1 amide bonds. The van der Waals surface area contributed by atoms with Gasteiger partial charge in [-0.05, 0) is 5.41 Å². The number of hydrogen-bond acceptors (Lipinski definition) is 4. The zero-order chi connectivity index (χ0) is 13.8. The second-order valence-electron chi connectivity index (χ2n) is 5.61. The molecule has 0 aromatic carbocycles.